The topological polar surface area (TPSA) is 276 Å². The van der Waals surface area contributed by atoms with Gasteiger partial charge < -0.3 is 49.7 Å². The molecule has 19 heteroatoms. The quantitative estimate of drug-likeness (QED) is 0.00934. The minimum Gasteiger partial charge on any atom is -0.462 e. The fourth-order valence-electron chi connectivity index (χ4n) is 7.21. The van der Waals surface area contributed by atoms with E-state index in [-0.39, 0.29) is 12.8 Å². The van der Waals surface area contributed by atoms with Crippen molar-refractivity contribution < 1.29 is 82.0 Å². The van der Waals surface area contributed by atoms with Gasteiger partial charge in [0.25, 0.3) is 0 Å². The van der Waals surface area contributed by atoms with Crippen LogP contribution >= 0.6 is 15.6 Å². The summed E-state index contributed by atoms with van der Waals surface area (Å²) in [5.41, 5.74) is 0. The molecule has 9 atom stereocenters. The Morgan fingerprint density at radius 1 is 0.544 bits per heavy atom. The second-order valence-corrected chi connectivity index (χ2v) is 20.0. The van der Waals surface area contributed by atoms with Gasteiger partial charge >= 0.3 is 27.6 Å². The molecule has 1 saturated carbocycles. The molecule has 8 N–H and O–H groups in total. The van der Waals surface area contributed by atoms with E-state index >= 15 is 0 Å². The second kappa shape index (κ2) is 39.3. The van der Waals surface area contributed by atoms with Crippen LogP contribution in [0, 0.1) is 0 Å². The van der Waals surface area contributed by atoms with Gasteiger partial charge in [0.2, 0.25) is 0 Å². The van der Waals surface area contributed by atoms with Crippen LogP contribution in [0.1, 0.15) is 174 Å². The predicted molar refractivity (Wildman–Crippen MR) is 261 cm³/mol. The Bertz CT molecular complexity index is 1560. The number of allylic oxidation sites excluding steroid dienone is 8. The molecule has 0 radical (unpaired) electrons. The summed E-state index contributed by atoms with van der Waals surface area (Å²) in [7, 11) is -10.7. The molecule has 0 saturated heterocycles. The highest BCUT2D eigenvalue weighted by Gasteiger charge is 2.54. The number of hydrogen-bond acceptors (Lipinski definition) is 14. The molecule has 394 valence electrons. The van der Waals surface area contributed by atoms with E-state index in [1.54, 1.807) is 12.2 Å². The zero-order valence-electron chi connectivity index (χ0n) is 40.6. The van der Waals surface area contributed by atoms with Crippen molar-refractivity contribution in [1.29, 1.82) is 0 Å². The number of carbonyl (C=O) groups excluding carboxylic acids is 2. The molecule has 0 aromatic rings. The first-order valence-corrected chi connectivity index (χ1v) is 28.0. The minimum atomic E-state index is -5.38. The average Bonchev–Trinajstić information content (AvgIpc) is 3.29. The molecule has 0 aliphatic heterocycles. The highest BCUT2D eigenvalue weighted by molar-refractivity contribution is 7.47. The van der Waals surface area contributed by atoms with Gasteiger partial charge in [0.05, 0.1) is 12.7 Å². The van der Waals surface area contributed by atoms with Crippen LogP contribution in [0.25, 0.3) is 0 Å². The zero-order chi connectivity index (χ0) is 50.5. The summed E-state index contributed by atoms with van der Waals surface area (Å²) in [5, 5.41) is 51.3. The molecule has 1 fully saturated rings. The molecule has 17 nitrogen and oxygen atoms in total. The first-order chi connectivity index (χ1) is 32.5. The van der Waals surface area contributed by atoms with E-state index in [1.165, 1.54) is 51.4 Å². The van der Waals surface area contributed by atoms with E-state index in [2.05, 4.69) is 36.6 Å². The van der Waals surface area contributed by atoms with Crippen molar-refractivity contribution in [3.05, 3.63) is 60.8 Å². The maximum absolute atomic E-state index is 13.0. The van der Waals surface area contributed by atoms with Crippen molar-refractivity contribution in [2.75, 3.05) is 13.2 Å². The monoisotopic (exact) mass is 1010 g/mol. The number of esters is 2. The van der Waals surface area contributed by atoms with Gasteiger partial charge in [0, 0.05) is 12.8 Å². The third kappa shape index (κ3) is 33.3. The van der Waals surface area contributed by atoms with Crippen LogP contribution in [-0.2, 0) is 41.8 Å². The number of carbonyl (C=O) groups is 2. The van der Waals surface area contributed by atoms with E-state index in [1.807, 2.05) is 30.4 Å². The molecule has 0 bridgehead atoms. The van der Waals surface area contributed by atoms with Crippen molar-refractivity contribution in [2.24, 2.45) is 0 Å². The first kappa shape index (κ1) is 63.7. The molecule has 0 amide bonds. The Morgan fingerprint density at radius 3 is 1.66 bits per heavy atom. The number of hydrogen-bond donors (Lipinski definition) is 8. The predicted octanol–water partition coefficient (Wildman–Crippen LogP) is 8.81. The Kier molecular flexibility index (Phi) is 36.8. The van der Waals surface area contributed by atoms with Crippen LogP contribution in [0.15, 0.2) is 60.8 Å². The van der Waals surface area contributed by atoms with Gasteiger partial charge in [0.1, 0.15) is 43.2 Å². The van der Waals surface area contributed by atoms with Crippen molar-refractivity contribution in [3.8, 4) is 0 Å². The van der Waals surface area contributed by atoms with Gasteiger partial charge in [-0.1, -0.05) is 152 Å². The fraction of sp³-hybridized carbons (Fsp3) is 0.755. The van der Waals surface area contributed by atoms with Crippen molar-refractivity contribution in [1.82, 2.24) is 0 Å². The summed E-state index contributed by atoms with van der Waals surface area (Å²) in [6.07, 6.45) is 27.7. The number of unbranched alkanes of at least 4 members (excludes halogenated alkanes) is 17. The summed E-state index contributed by atoms with van der Waals surface area (Å²) in [6, 6.07) is 0. The fourth-order valence-corrected chi connectivity index (χ4v) is 8.75. The molecule has 0 aromatic heterocycles. The molecule has 0 heterocycles. The van der Waals surface area contributed by atoms with Gasteiger partial charge in [-0.15, -0.1) is 0 Å². The minimum absolute atomic E-state index is 0.0663. The van der Waals surface area contributed by atoms with Gasteiger partial charge in [-0.2, -0.15) is 0 Å². The summed E-state index contributed by atoms with van der Waals surface area (Å²) in [6.45, 7) is 2.96. The maximum Gasteiger partial charge on any atom is 0.472 e. The molecule has 5 unspecified atom stereocenters. The highest BCUT2D eigenvalue weighted by Crippen LogP contribution is 2.49. The average molecular weight is 1010 g/mol. The normalized spacial score (nSPS) is 22.2. The lowest BCUT2D eigenvalue weighted by molar-refractivity contribution is -0.216. The van der Waals surface area contributed by atoms with E-state index in [0.29, 0.717) is 32.1 Å². The molecule has 1 aliphatic carbocycles. The van der Waals surface area contributed by atoms with E-state index in [0.717, 1.165) is 64.2 Å². The number of phosphoric ester groups is 2. The number of aliphatic hydroxyl groups is 5. The van der Waals surface area contributed by atoms with Crippen molar-refractivity contribution in [3.63, 3.8) is 0 Å². The third-order valence-corrected chi connectivity index (χ3v) is 12.6. The highest BCUT2D eigenvalue weighted by atomic mass is 31.2. The van der Waals surface area contributed by atoms with Crippen LogP contribution in [0.2, 0.25) is 0 Å². The Balaban J connectivity index is 2.64. The Hall–Kier alpha value is -2.34. The Labute approximate surface area is 405 Å². The van der Waals surface area contributed by atoms with Crippen LogP contribution in [0.3, 0.4) is 0 Å². The second-order valence-electron chi connectivity index (χ2n) is 17.4. The summed E-state index contributed by atoms with van der Waals surface area (Å²) in [5.74, 6) is -1.32. The molecule has 1 aliphatic rings. The van der Waals surface area contributed by atoms with Gasteiger partial charge in [-0.05, 0) is 70.6 Å². The van der Waals surface area contributed by atoms with Crippen molar-refractivity contribution in [2.45, 2.75) is 223 Å². The molecule has 0 spiro atoms. The maximum atomic E-state index is 13.0. The molecular formula is C49H86O17P2. The number of aliphatic hydroxyl groups excluding tert-OH is 5. The van der Waals surface area contributed by atoms with Crippen molar-refractivity contribution >= 4 is 27.6 Å². The number of phosphoric acid groups is 2. The van der Waals surface area contributed by atoms with Crippen LogP contribution in [0.5, 0.6) is 0 Å². The summed E-state index contributed by atoms with van der Waals surface area (Å²) < 4.78 is 49.3. The van der Waals surface area contributed by atoms with Crippen LogP contribution in [0.4, 0.5) is 0 Å². The largest absolute Gasteiger partial charge is 0.472 e. The third-order valence-electron chi connectivity index (χ3n) is 11.1. The molecule has 1 rings (SSSR count). The van der Waals surface area contributed by atoms with Gasteiger partial charge in [-0.25, -0.2) is 9.13 Å². The number of ether oxygens (including phenoxy) is 2. The summed E-state index contributed by atoms with van der Waals surface area (Å²) >= 11 is 0. The first-order valence-electron chi connectivity index (χ1n) is 24.9. The van der Waals surface area contributed by atoms with E-state index in [4.69, 9.17) is 18.5 Å². The SMILES string of the molecule is CCCCC/C=C\C[C@H](O)/C=C/C=C\C/C=C\CCCC(=O)O[C@H](COC(=O)CCCCCCCCC/C=C\CCCCCCCC)COP(=O)(O)O[C@H]1C(O)C(O)C(O)[C@@H](OP(=O)(O)O)C1O. The lowest BCUT2D eigenvalue weighted by Gasteiger charge is -2.43. The Morgan fingerprint density at radius 2 is 1.04 bits per heavy atom. The van der Waals surface area contributed by atoms with E-state index in [9.17, 15) is 58.9 Å². The molecular weight excluding hydrogens is 922 g/mol. The zero-order valence-corrected chi connectivity index (χ0v) is 42.4. The van der Waals surface area contributed by atoms with Crippen LogP contribution < -0.4 is 0 Å². The lowest BCUT2D eigenvalue weighted by atomic mass is 9.85. The summed E-state index contributed by atoms with van der Waals surface area (Å²) in [4.78, 5) is 54.3. The van der Waals surface area contributed by atoms with E-state index < -0.39 is 89.6 Å². The van der Waals surface area contributed by atoms with Gasteiger partial charge in [-0.3, -0.25) is 23.2 Å². The standard InChI is InChI=1S/C49H86O17P2/c1-3-5-7-9-11-12-13-14-15-16-17-18-19-20-24-28-32-36-42(51)62-38-41(39-63-68(60,61)66-49-46(55)44(53)45(54)48(47(49)56)65-67(57,58)59)64-43(52)37-33-29-25-22-21-23-27-31-35-40(50)34-30-26-10-8-6-4-2/h14-15,22-23,25-27,30-31,35,40-41,44-50,53-56H,3-13,16-21,24,28-29,32-34,36-39H2,1-2H3,(H,60,61)(H2,57,58,59)/b15-14-,25-22-,27-23-,30-26-,35-31+/t40-,41+,44?,45?,46?,47?,48+,49-/m0/s1. The van der Waals surface area contributed by atoms with Gasteiger partial charge in [0.15, 0.2) is 6.10 Å². The molecule has 68 heavy (non-hydrogen) atoms. The number of rotatable bonds is 41. The molecule has 0 aromatic carbocycles. The lowest BCUT2D eigenvalue weighted by Crippen LogP contribution is -2.64. The smallest absolute Gasteiger partial charge is 0.462 e. The van der Waals surface area contributed by atoms with Crippen LogP contribution in [-0.4, -0.2) is 114 Å².